The first-order valence-electron chi connectivity index (χ1n) is 2.26. The number of rotatable bonds is 2. The van der Waals surface area contributed by atoms with Crippen LogP contribution in [-0.2, 0) is 0 Å². The lowest BCUT2D eigenvalue weighted by atomic mass is 10.6. The van der Waals surface area contributed by atoms with E-state index in [1.807, 2.05) is 19.2 Å². The second-order valence-corrected chi connectivity index (χ2v) is 1.06. The summed E-state index contributed by atoms with van der Waals surface area (Å²) in [5, 5.41) is 3.02. The van der Waals surface area contributed by atoms with Crippen LogP contribution < -0.4 is 5.32 Å². The Bertz CT molecular complexity index is 39.2. The summed E-state index contributed by atoms with van der Waals surface area (Å²) in [6, 6.07) is 0. The zero-order valence-electron chi connectivity index (χ0n) is 4.36. The summed E-state index contributed by atoms with van der Waals surface area (Å²) >= 11 is 0. The second kappa shape index (κ2) is 4.54. The van der Waals surface area contributed by atoms with Crippen molar-refractivity contribution in [2.75, 3.05) is 6.54 Å². The quantitative estimate of drug-likeness (QED) is 0.530. The van der Waals surface area contributed by atoms with E-state index in [-0.39, 0.29) is 0 Å². The molecular weight excluding hydrogens is 74.1 g/mol. The van der Waals surface area contributed by atoms with Gasteiger partial charge in [0.05, 0.1) is 0 Å². The van der Waals surface area contributed by atoms with Gasteiger partial charge in [-0.05, 0) is 20.0 Å². The Labute approximate surface area is 39.1 Å². The number of hydrogen-bond acceptors (Lipinski definition) is 1. The highest BCUT2D eigenvalue weighted by Crippen LogP contribution is 1.58. The Morgan fingerprint density at radius 1 is 1.67 bits per heavy atom. The van der Waals surface area contributed by atoms with Crippen molar-refractivity contribution in [3.8, 4) is 0 Å². The van der Waals surface area contributed by atoms with Gasteiger partial charge in [-0.3, -0.25) is 0 Å². The molecule has 1 N–H and O–H groups in total. The highest BCUT2D eigenvalue weighted by molar-refractivity contribution is 4.72. The van der Waals surface area contributed by atoms with Gasteiger partial charge in [0.1, 0.15) is 0 Å². The normalized spacial score (nSPS) is 9.67. The predicted molar refractivity (Wildman–Crippen MR) is 28.5 cm³/mol. The van der Waals surface area contributed by atoms with Crippen molar-refractivity contribution in [3.05, 3.63) is 12.3 Å². The molecule has 0 heterocycles. The molecule has 6 heavy (non-hydrogen) atoms. The highest BCUT2D eigenvalue weighted by atomic mass is 14.8. The first-order chi connectivity index (χ1) is 2.91. The molecule has 0 aliphatic rings. The van der Waals surface area contributed by atoms with Crippen LogP contribution in [0.15, 0.2) is 12.3 Å². The number of hydrogen-bond donors (Lipinski definition) is 1. The van der Waals surface area contributed by atoms with E-state index in [4.69, 9.17) is 0 Å². The number of allylic oxidation sites excluding steroid dienone is 1. The first kappa shape index (κ1) is 5.54. The van der Waals surface area contributed by atoms with Crippen LogP contribution in [0.2, 0.25) is 0 Å². The molecule has 1 nitrogen and oxygen atoms in total. The summed E-state index contributed by atoms with van der Waals surface area (Å²) < 4.78 is 0. The van der Waals surface area contributed by atoms with Crippen LogP contribution in [0, 0.1) is 0 Å². The van der Waals surface area contributed by atoms with E-state index in [2.05, 4.69) is 12.2 Å². The largest absolute Gasteiger partial charge is 0.391 e. The van der Waals surface area contributed by atoms with Crippen molar-refractivity contribution >= 4 is 0 Å². The van der Waals surface area contributed by atoms with Crippen LogP contribution in [0.25, 0.3) is 0 Å². The Balaban J connectivity index is 2.66. The Hall–Kier alpha value is -0.460. The zero-order valence-corrected chi connectivity index (χ0v) is 4.36. The smallest absolute Gasteiger partial charge is 0.0112 e. The maximum absolute atomic E-state index is 3.02. The lowest BCUT2D eigenvalue weighted by Gasteiger charge is -1.85. The SMILES string of the molecule is C/C=C/NCC. The van der Waals surface area contributed by atoms with Crippen LogP contribution in [0.4, 0.5) is 0 Å². The molecule has 0 aromatic rings. The summed E-state index contributed by atoms with van der Waals surface area (Å²) in [6.07, 6.45) is 3.91. The van der Waals surface area contributed by atoms with E-state index in [0.717, 1.165) is 6.54 Å². The number of nitrogens with one attached hydrogen (secondary N) is 1. The molecule has 0 unspecified atom stereocenters. The minimum atomic E-state index is 1.02. The van der Waals surface area contributed by atoms with Gasteiger partial charge in [0.25, 0.3) is 0 Å². The average molecular weight is 85.2 g/mol. The minimum Gasteiger partial charge on any atom is -0.391 e. The van der Waals surface area contributed by atoms with Crippen LogP contribution in [0.5, 0.6) is 0 Å². The fraction of sp³-hybridized carbons (Fsp3) is 0.600. The summed E-state index contributed by atoms with van der Waals surface area (Å²) in [6.45, 7) is 5.08. The lowest BCUT2D eigenvalue weighted by molar-refractivity contribution is 0.917. The van der Waals surface area contributed by atoms with Crippen molar-refractivity contribution in [1.29, 1.82) is 0 Å². The third-order valence-electron chi connectivity index (χ3n) is 0.489. The first-order valence-corrected chi connectivity index (χ1v) is 2.26. The van der Waals surface area contributed by atoms with Crippen molar-refractivity contribution in [3.63, 3.8) is 0 Å². The molecule has 0 radical (unpaired) electrons. The molecule has 0 aromatic carbocycles. The van der Waals surface area contributed by atoms with Gasteiger partial charge in [0, 0.05) is 6.54 Å². The van der Waals surface area contributed by atoms with Crippen LogP contribution in [0.3, 0.4) is 0 Å². The molecule has 0 atom stereocenters. The molecule has 0 aliphatic heterocycles. The highest BCUT2D eigenvalue weighted by Gasteiger charge is 1.58. The van der Waals surface area contributed by atoms with Gasteiger partial charge < -0.3 is 5.32 Å². The van der Waals surface area contributed by atoms with Gasteiger partial charge in [-0.25, -0.2) is 0 Å². The Morgan fingerprint density at radius 3 is 2.50 bits per heavy atom. The fourth-order valence-corrected chi connectivity index (χ4v) is 0.236. The van der Waals surface area contributed by atoms with Gasteiger partial charge in [-0.1, -0.05) is 6.08 Å². The molecular formula is C5H11N. The van der Waals surface area contributed by atoms with E-state index in [1.165, 1.54) is 0 Å². The Morgan fingerprint density at radius 2 is 2.33 bits per heavy atom. The van der Waals surface area contributed by atoms with E-state index < -0.39 is 0 Å². The third-order valence-corrected chi connectivity index (χ3v) is 0.489. The van der Waals surface area contributed by atoms with Gasteiger partial charge >= 0.3 is 0 Å². The summed E-state index contributed by atoms with van der Waals surface area (Å²) in [7, 11) is 0. The minimum absolute atomic E-state index is 1.02. The van der Waals surface area contributed by atoms with Gasteiger partial charge in [0.2, 0.25) is 0 Å². The van der Waals surface area contributed by atoms with Crippen LogP contribution in [0.1, 0.15) is 13.8 Å². The molecule has 0 aromatic heterocycles. The van der Waals surface area contributed by atoms with E-state index in [1.54, 1.807) is 0 Å². The predicted octanol–water partition coefficient (Wildman–Crippen LogP) is 1.13. The molecule has 0 fully saturated rings. The van der Waals surface area contributed by atoms with Crippen LogP contribution >= 0.6 is 0 Å². The summed E-state index contributed by atoms with van der Waals surface area (Å²) in [4.78, 5) is 0. The molecule has 0 amide bonds. The van der Waals surface area contributed by atoms with Crippen molar-refractivity contribution in [1.82, 2.24) is 5.32 Å². The molecule has 0 saturated heterocycles. The topological polar surface area (TPSA) is 12.0 Å². The van der Waals surface area contributed by atoms with Crippen LogP contribution in [-0.4, -0.2) is 6.54 Å². The van der Waals surface area contributed by atoms with Gasteiger partial charge in [-0.2, -0.15) is 0 Å². The monoisotopic (exact) mass is 85.1 g/mol. The molecule has 1 heteroatoms. The summed E-state index contributed by atoms with van der Waals surface area (Å²) in [5.41, 5.74) is 0. The third kappa shape index (κ3) is 3.54. The van der Waals surface area contributed by atoms with E-state index in [9.17, 15) is 0 Å². The van der Waals surface area contributed by atoms with Crippen molar-refractivity contribution in [2.45, 2.75) is 13.8 Å². The van der Waals surface area contributed by atoms with Gasteiger partial charge in [0.15, 0.2) is 0 Å². The molecule has 0 aliphatic carbocycles. The van der Waals surface area contributed by atoms with Gasteiger partial charge in [-0.15, -0.1) is 0 Å². The Kier molecular flexibility index (Phi) is 4.19. The second-order valence-electron chi connectivity index (χ2n) is 1.06. The van der Waals surface area contributed by atoms with Crippen molar-refractivity contribution < 1.29 is 0 Å². The molecule has 0 rings (SSSR count). The fourth-order valence-electron chi connectivity index (χ4n) is 0.236. The van der Waals surface area contributed by atoms with E-state index >= 15 is 0 Å². The summed E-state index contributed by atoms with van der Waals surface area (Å²) in [5.74, 6) is 0. The molecule has 0 bridgehead atoms. The maximum Gasteiger partial charge on any atom is 0.0112 e. The maximum atomic E-state index is 3.02. The van der Waals surface area contributed by atoms with E-state index in [0.29, 0.717) is 0 Å². The molecule has 36 valence electrons. The standard InChI is InChI=1S/C5H11N/c1-3-5-6-4-2/h3,5-6H,4H2,1-2H3/b5-3+. The van der Waals surface area contributed by atoms with Crippen molar-refractivity contribution in [2.24, 2.45) is 0 Å². The lowest BCUT2D eigenvalue weighted by Crippen LogP contribution is -2.00. The average Bonchev–Trinajstić information content (AvgIpc) is 1.61. The molecule has 0 spiro atoms. The molecule has 0 saturated carbocycles. The zero-order chi connectivity index (χ0) is 4.83.